The predicted molar refractivity (Wildman–Crippen MR) is 91.5 cm³/mol. The molecule has 130 valence electrons. The molecule has 1 fully saturated rings. The average Bonchev–Trinajstić information content (AvgIpc) is 3.00. The molecule has 2 heterocycles. The first-order valence-electron chi connectivity index (χ1n) is 7.73. The van der Waals surface area contributed by atoms with Crippen LogP contribution < -0.4 is 16.0 Å². The van der Waals surface area contributed by atoms with Crippen LogP contribution in [0, 0.1) is 12.8 Å². The zero-order valence-corrected chi connectivity index (χ0v) is 14.9. The van der Waals surface area contributed by atoms with Crippen LogP contribution in [0.25, 0.3) is 0 Å². The van der Waals surface area contributed by atoms with E-state index in [0.29, 0.717) is 13.0 Å². The van der Waals surface area contributed by atoms with Gasteiger partial charge in [0.25, 0.3) is 5.91 Å². The Hall–Kier alpha value is -1.60. The van der Waals surface area contributed by atoms with Gasteiger partial charge < -0.3 is 11.1 Å². The highest BCUT2D eigenvalue weighted by Gasteiger charge is 2.36. The fraction of sp³-hybridized carbons (Fsp3) is 0.667. The number of nitrogens with zero attached hydrogens (tertiary/aromatic N) is 3. The summed E-state index contributed by atoms with van der Waals surface area (Å²) >= 11 is 0. The van der Waals surface area contributed by atoms with Gasteiger partial charge in [-0.1, -0.05) is 20.3 Å². The van der Waals surface area contributed by atoms with Crippen molar-refractivity contribution in [3.8, 4) is 0 Å². The molecule has 1 saturated heterocycles. The Kier molecular flexibility index (Phi) is 6.58. The monoisotopic (exact) mass is 343 g/mol. The highest BCUT2D eigenvalue weighted by atomic mass is 35.5. The van der Waals surface area contributed by atoms with E-state index in [0.717, 1.165) is 17.9 Å². The van der Waals surface area contributed by atoms with Crippen LogP contribution in [0.5, 0.6) is 0 Å². The second-order valence-corrected chi connectivity index (χ2v) is 6.02. The Morgan fingerprint density at radius 2 is 2.22 bits per heavy atom. The number of aromatic nitrogens is 2. The number of nitrogens with one attached hydrogen (secondary N) is 1. The van der Waals surface area contributed by atoms with Gasteiger partial charge >= 0.3 is 0 Å². The number of rotatable bonds is 5. The minimum Gasteiger partial charge on any atom is -0.343 e. The van der Waals surface area contributed by atoms with Gasteiger partial charge in [0.2, 0.25) is 5.91 Å². The molecule has 8 heteroatoms. The molecule has 3 unspecified atom stereocenters. The van der Waals surface area contributed by atoms with Gasteiger partial charge in [-0.05, 0) is 19.3 Å². The Bertz CT molecular complexity index is 574. The second-order valence-electron chi connectivity index (χ2n) is 6.02. The third kappa shape index (κ3) is 4.03. The summed E-state index contributed by atoms with van der Waals surface area (Å²) in [5.74, 6) is 0.487. The van der Waals surface area contributed by atoms with Gasteiger partial charge in [0.1, 0.15) is 11.9 Å². The second kappa shape index (κ2) is 7.79. The van der Waals surface area contributed by atoms with E-state index in [4.69, 9.17) is 5.73 Å². The molecule has 0 aromatic carbocycles. The van der Waals surface area contributed by atoms with Crippen LogP contribution in [-0.4, -0.2) is 40.2 Å². The maximum atomic E-state index is 12.5. The van der Waals surface area contributed by atoms with Gasteiger partial charge in [-0.15, -0.1) is 12.4 Å². The van der Waals surface area contributed by atoms with Crippen molar-refractivity contribution in [3.63, 3.8) is 0 Å². The third-order valence-electron chi connectivity index (χ3n) is 4.34. The first kappa shape index (κ1) is 19.4. The zero-order chi connectivity index (χ0) is 16.4. The summed E-state index contributed by atoms with van der Waals surface area (Å²) in [7, 11) is 1.81. The normalized spacial score (nSPS) is 20.1. The van der Waals surface area contributed by atoms with Crippen LogP contribution in [-0.2, 0) is 16.6 Å². The van der Waals surface area contributed by atoms with E-state index in [9.17, 15) is 9.59 Å². The van der Waals surface area contributed by atoms with Crippen LogP contribution in [0.1, 0.15) is 32.4 Å². The van der Waals surface area contributed by atoms with Gasteiger partial charge in [-0.2, -0.15) is 5.10 Å². The molecular weight excluding hydrogens is 318 g/mol. The predicted octanol–water partition coefficient (Wildman–Crippen LogP) is 0.745. The molecule has 0 bridgehead atoms. The van der Waals surface area contributed by atoms with Crippen LogP contribution in [0.15, 0.2) is 6.07 Å². The van der Waals surface area contributed by atoms with Crippen LogP contribution >= 0.6 is 12.4 Å². The van der Waals surface area contributed by atoms with Crippen molar-refractivity contribution in [2.24, 2.45) is 18.7 Å². The minimum atomic E-state index is -0.578. The molecule has 1 aromatic heterocycles. The highest BCUT2D eigenvalue weighted by molar-refractivity contribution is 6.01. The first-order chi connectivity index (χ1) is 10.3. The van der Waals surface area contributed by atoms with E-state index in [-0.39, 0.29) is 30.1 Å². The fourth-order valence-corrected chi connectivity index (χ4v) is 2.67. The van der Waals surface area contributed by atoms with Crippen LogP contribution in [0.3, 0.4) is 0 Å². The van der Waals surface area contributed by atoms with Crippen molar-refractivity contribution in [1.82, 2.24) is 15.1 Å². The van der Waals surface area contributed by atoms with Crippen molar-refractivity contribution in [1.29, 1.82) is 0 Å². The van der Waals surface area contributed by atoms with Crippen LogP contribution in [0.4, 0.5) is 5.82 Å². The van der Waals surface area contributed by atoms with E-state index >= 15 is 0 Å². The molecule has 1 aliphatic rings. The molecule has 23 heavy (non-hydrogen) atoms. The Labute approximate surface area is 143 Å². The summed E-state index contributed by atoms with van der Waals surface area (Å²) in [6.45, 7) is 6.38. The maximum absolute atomic E-state index is 12.5. The quantitative estimate of drug-likeness (QED) is 0.824. The number of nitrogens with two attached hydrogens (primary N) is 1. The number of amides is 2. The summed E-state index contributed by atoms with van der Waals surface area (Å²) in [6.07, 6.45) is 1.41. The molecule has 3 N–H and O–H groups in total. The molecule has 2 rings (SSSR count). The number of aryl methyl sites for hydroxylation is 2. The van der Waals surface area contributed by atoms with E-state index < -0.39 is 12.1 Å². The van der Waals surface area contributed by atoms with E-state index in [1.165, 1.54) is 0 Å². The standard InChI is InChI=1S/C15H25N5O2.ClH/c1-5-9(2)13(16)14(21)17-11-6-7-20(15(11)22)12-8-10(3)18-19(12)4;/h8-9,11,13H,5-7,16H2,1-4H3,(H,17,21);1H. The summed E-state index contributed by atoms with van der Waals surface area (Å²) in [5, 5.41) is 7.04. The maximum Gasteiger partial charge on any atom is 0.250 e. The molecule has 0 saturated carbocycles. The molecule has 1 aliphatic heterocycles. The molecule has 1 aromatic rings. The minimum absolute atomic E-state index is 0. The van der Waals surface area contributed by atoms with Gasteiger partial charge in [-0.25, -0.2) is 0 Å². The molecule has 7 nitrogen and oxygen atoms in total. The lowest BCUT2D eigenvalue weighted by molar-refractivity contribution is -0.128. The van der Waals surface area contributed by atoms with Gasteiger partial charge in [0.15, 0.2) is 0 Å². The smallest absolute Gasteiger partial charge is 0.250 e. The summed E-state index contributed by atoms with van der Waals surface area (Å²) in [5.41, 5.74) is 6.77. The van der Waals surface area contributed by atoms with Crippen molar-refractivity contribution >= 4 is 30.0 Å². The molecule has 2 amide bonds. The Balaban J connectivity index is 0.00000264. The van der Waals surface area contributed by atoms with Crippen LogP contribution in [0.2, 0.25) is 0 Å². The Morgan fingerprint density at radius 3 is 2.74 bits per heavy atom. The number of hydrogen-bond acceptors (Lipinski definition) is 4. The van der Waals surface area contributed by atoms with Crippen molar-refractivity contribution in [2.45, 2.75) is 45.7 Å². The number of carbonyl (C=O) groups excluding carboxylic acids is 2. The fourth-order valence-electron chi connectivity index (χ4n) is 2.67. The van der Waals surface area contributed by atoms with E-state index in [1.807, 2.05) is 26.8 Å². The molecule has 3 atom stereocenters. The SMILES string of the molecule is CCC(C)C(N)C(=O)NC1CCN(c2cc(C)nn2C)C1=O.Cl. The zero-order valence-electron chi connectivity index (χ0n) is 14.1. The lowest BCUT2D eigenvalue weighted by Gasteiger charge is -2.21. The van der Waals surface area contributed by atoms with E-state index in [1.54, 1.807) is 16.6 Å². The van der Waals surface area contributed by atoms with E-state index in [2.05, 4.69) is 10.4 Å². The number of hydrogen-bond donors (Lipinski definition) is 2. The van der Waals surface area contributed by atoms with Gasteiger partial charge in [-0.3, -0.25) is 19.2 Å². The summed E-state index contributed by atoms with van der Waals surface area (Å²) < 4.78 is 1.68. The topological polar surface area (TPSA) is 93.2 Å². The lowest BCUT2D eigenvalue weighted by Crippen LogP contribution is -2.50. The van der Waals surface area contributed by atoms with Gasteiger partial charge in [0, 0.05) is 19.7 Å². The first-order valence-corrected chi connectivity index (χ1v) is 7.73. The largest absolute Gasteiger partial charge is 0.343 e. The number of halogens is 1. The molecular formula is C15H26ClN5O2. The summed E-state index contributed by atoms with van der Waals surface area (Å²) in [6, 6.07) is 0.788. The molecule has 0 spiro atoms. The van der Waals surface area contributed by atoms with Crippen molar-refractivity contribution in [3.05, 3.63) is 11.8 Å². The van der Waals surface area contributed by atoms with Crippen molar-refractivity contribution < 1.29 is 9.59 Å². The average molecular weight is 344 g/mol. The third-order valence-corrected chi connectivity index (χ3v) is 4.34. The molecule has 0 aliphatic carbocycles. The molecule has 0 radical (unpaired) electrons. The van der Waals surface area contributed by atoms with Crippen molar-refractivity contribution in [2.75, 3.05) is 11.4 Å². The summed E-state index contributed by atoms with van der Waals surface area (Å²) in [4.78, 5) is 26.3. The highest BCUT2D eigenvalue weighted by Crippen LogP contribution is 2.22. The number of anilines is 1. The Morgan fingerprint density at radius 1 is 1.57 bits per heavy atom. The number of carbonyl (C=O) groups is 2. The van der Waals surface area contributed by atoms with Gasteiger partial charge in [0.05, 0.1) is 11.7 Å². The lowest BCUT2D eigenvalue weighted by atomic mass is 9.99.